The fourth-order valence-electron chi connectivity index (χ4n) is 1.45. The van der Waals surface area contributed by atoms with Crippen LogP contribution in [0.25, 0.3) is 0 Å². The van der Waals surface area contributed by atoms with E-state index in [9.17, 15) is 4.39 Å². The van der Waals surface area contributed by atoms with E-state index in [2.05, 4.69) is 19.2 Å². The first kappa shape index (κ1) is 13.0. The van der Waals surface area contributed by atoms with Crippen LogP contribution < -0.4 is 10.2 Å². The molecular weight excluding hydrogens is 203 g/mol. The summed E-state index contributed by atoms with van der Waals surface area (Å²) in [5.74, 6) is -0.169. The van der Waals surface area contributed by atoms with Crippen LogP contribution in [0.5, 0.6) is 0 Å². The lowest BCUT2D eigenvalue weighted by atomic mass is 10.1. The molecular formula is C13H21FN2. The first-order valence-electron chi connectivity index (χ1n) is 5.73. The summed E-state index contributed by atoms with van der Waals surface area (Å²) in [4.78, 5) is 1.79. The molecule has 1 atom stereocenters. The number of hydrogen-bond donors (Lipinski definition) is 1. The van der Waals surface area contributed by atoms with Gasteiger partial charge in [0.25, 0.3) is 0 Å². The van der Waals surface area contributed by atoms with Crippen LogP contribution in [0.15, 0.2) is 18.2 Å². The molecule has 1 rings (SSSR count). The van der Waals surface area contributed by atoms with Gasteiger partial charge >= 0.3 is 0 Å². The van der Waals surface area contributed by atoms with Gasteiger partial charge in [0.1, 0.15) is 5.82 Å². The summed E-state index contributed by atoms with van der Waals surface area (Å²) in [6, 6.07) is 5.75. The van der Waals surface area contributed by atoms with Gasteiger partial charge in [-0.3, -0.25) is 0 Å². The molecule has 16 heavy (non-hydrogen) atoms. The van der Waals surface area contributed by atoms with Crippen molar-refractivity contribution >= 4 is 5.69 Å². The van der Waals surface area contributed by atoms with E-state index in [1.807, 2.05) is 26.2 Å². The minimum atomic E-state index is -0.169. The normalized spacial score (nSPS) is 12.6. The zero-order chi connectivity index (χ0) is 12.1. The quantitative estimate of drug-likeness (QED) is 0.827. The number of halogens is 1. The number of benzene rings is 1. The minimum absolute atomic E-state index is 0.169. The second-order valence-electron chi connectivity index (χ2n) is 4.37. The second-order valence-corrected chi connectivity index (χ2v) is 4.37. The molecule has 0 bridgehead atoms. The van der Waals surface area contributed by atoms with Gasteiger partial charge in [-0.15, -0.1) is 0 Å². The highest BCUT2D eigenvalue weighted by molar-refractivity contribution is 5.48. The summed E-state index contributed by atoms with van der Waals surface area (Å²) in [7, 11) is 3.70. The molecule has 1 aromatic rings. The van der Waals surface area contributed by atoms with Gasteiger partial charge in [-0.05, 0) is 31.0 Å². The topological polar surface area (TPSA) is 15.3 Å². The summed E-state index contributed by atoms with van der Waals surface area (Å²) in [5, 5.41) is 3.39. The molecule has 0 spiro atoms. The number of hydrogen-bond acceptors (Lipinski definition) is 2. The van der Waals surface area contributed by atoms with E-state index in [1.165, 1.54) is 6.07 Å². The highest BCUT2D eigenvalue weighted by atomic mass is 19.1. The predicted octanol–water partition coefficient (Wildman–Crippen LogP) is 2.78. The molecule has 1 N–H and O–H groups in total. The molecule has 0 aliphatic rings. The molecule has 0 saturated carbocycles. The SMILES string of the molecule is CCC(C)NCc1ccc(F)c(N(C)C)c1. The molecule has 0 fully saturated rings. The third-order valence-electron chi connectivity index (χ3n) is 2.76. The van der Waals surface area contributed by atoms with Crippen molar-refractivity contribution in [2.24, 2.45) is 0 Å². The molecule has 0 radical (unpaired) electrons. The molecule has 2 nitrogen and oxygen atoms in total. The van der Waals surface area contributed by atoms with E-state index < -0.39 is 0 Å². The van der Waals surface area contributed by atoms with E-state index >= 15 is 0 Å². The van der Waals surface area contributed by atoms with Gasteiger partial charge in [0.15, 0.2) is 0 Å². The van der Waals surface area contributed by atoms with Crippen LogP contribution in [0.4, 0.5) is 10.1 Å². The Kier molecular flexibility index (Phi) is 4.74. The molecule has 3 heteroatoms. The highest BCUT2D eigenvalue weighted by Gasteiger charge is 2.06. The van der Waals surface area contributed by atoms with Gasteiger partial charge in [0, 0.05) is 26.7 Å². The van der Waals surface area contributed by atoms with Crippen LogP contribution in [-0.2, 0) is 6.54 Å². The summed E-state index contributed by atoms with van der Waals surface area (Å²) < 4.78 is 13.4. The molecule has 1 unspecified atom stereocenters. The Morgan fingerprint density at radius 3 is 2.62 bits per heavy atom. The van der Waals surface area contributed by atoms with Crippen molar-refractivity contribution in [2.45, 2.75) is 32.9 Å². The molecule has 1 aromatic carbocycles. The average Bonchev–Trinajstić information content (AvgIpc) is 2.27. The van der Waals surface area contributed by atoms with Crippen LogP contribution >= 0.6 is 0 Å². The van der Waals surface area contributed by atoms with E-state index in [0.29, 0.717) is 11.7 Å². The largest absolute Gasteiger partial charge is 0.375 e. The fraction of sp³-hybridized carbons (Fsp3) is 0.538. The molecule has 0 aliphatic carbocycles. The molecule has 0 aliphatic heterocycles. The maximum atomic E-state index is 13.4. The van der Waals surface area contributed by atoms with E-state index in [1.54, 1.807) is 4.90 Å². The molecule has 90 valence electrons. The second kappa shape index (κ2) is 5.85. The van der Waals surface area contributed by atoms with Crippen LogP contribution in [-0.4, -0.2) is 20.1 Å². The van der Waals surface area contributed by atoms with Crippen LogP contribution in [0.1, 0.15) is 25.8 Å². The maximum absolute atomic E-state index is 13.4. The first-order valence-corrected chi connectivity index (χ1v) is 5.73. The lowest BCUT2D eigenvalue weighted by Gasteiger charge is -2.16. The van der Waals surface area contributed by atoms with Crippen molar-refractivity contribution in [3.8, 4) is 0 Å². The summed E-state index contributed by atoms with van der Waals surface area (Å²) in [6.07, 6.45) is 1.10. The predicted molar refractivity (Wildman–Crippen MR) is 67.3 cm³/mol. The van der Waals surface area contributed by atoms with Gasteiger partial charge in [-0.2, -0.15) is 0 Å². The smallest absolute Gasteiger partial charge is 0.146 e. The maximum Gasteiger partial charge on any atom is 0.146 e. The van der Waals surface area contributed by atoms with Gasteiger partial charge in [-0.1, -0.05) is 13.0 Å². The Balaban J connectivity index is 2.71. The molecule has 0 heterocycles. The van der Waals surface area contributed by atoms with Crippen LogP contribution in [0.3, 0.4) is 0 Å². The van der Waals surface area contributed by atoms with Gasteiger partial charge in [0.05, 0.1) is 5.69 Å². The van der Waals surface area contributed by atoms with Crippen molar-refractivity contribution in [3.63, 3.8) is 0 Å². The molecule has 0 saturated heterocycles. The highest BCUT2D eigenvalue weighted by Crippen LogP contribution is 2.18. The number of anilines is 1. The standard InChI is InChI=1S/C13H21FN2/c1-5-10(2)15-9-11-6-7-12(14)13(8-11)16(3)4/h6-8,10,15H,5,9H2,1-4H3. The van der Waals surface area contributed by atoms with Gasteiger partial charge in [0.2, 0.25) is 0 Å². The zero-order valence-corrected chi connectivity index (χ0v) is 10.5. The average molecular weight is 224 g/mol. The van der Waals surface area contributed by atoms with Crippen molar-refractivity contribution in [1.29, 1.82) is 0 Å². The number of nitrogens with zero attached hydrogens (tertiary/aromatic N) is 1. The third-order valence-corrected chi connectivity index (χ3v) is 2.76. The van der Waals surface area contributed by atoms with Crippen molar-refractivity contribution in [3.05, 3.63) is 29.6 Å². The molecule has 0 amide bonds. The number of rotatable bonds is 5. The number of nitrogens with one attached hydrogen (secondary N) is 1. The summed E-state index contributed by atoms with van der Waals surface area (Å²) in [5.41, 5.74) is 1.76. The zero-order valence-electron chi connectivity index (χ0n) is 10.5. The van der Waals surface area contributed by atoms with E-state index in [0.717, 1.165) is 18.5 Å². The van der Waals surface area contributed by atoms with Crippen molar-refractivity contribution in [1.82, 2.24) is 5.32 Å². The van der Waals surface area contributed by atoms with Crippen LogP contribution in [0, 0.1) is 5.82 Å². The Labute approximate surface area is 97.5 Å². The Morgan fingerprint density at radius 1 is 1.38 bits per heavy atom. The minimum Gasteiger partial charge on any atom is -0.375 e. The third kappa shape index (κ3) is 3.49. The summed E-state index contributed by atoms with van der Waals surface area (Å²) >= 11 is 0. The fourth-order valence-corrected chi connectivity index (χ4v) is 1.45. The monoisotopic (exact) mass is 224 g/mol. The van der Waals surface area contributed by atoms with Crippen molar-refractivity contribution < 1.29 is 4.39 Å². The van der Waals surface area contributed by atoms with E-state index in [4.69, 9.17) is 0 Å². The summed E-state index contributed by atoms with van der Waals surface area (Å²) in [6.45, 7) is 5.08. The molecule has 0 aromatic heterocycles. The van der Waals surface area contributed by atoms with E-state index in [-0.39, 0.29) is 5.82 Å². The first-order chi connectivity index (χ1) is 7.54. The lowest BCUT2D eigenvalue weighted by molar-refractivity contribution is 0.533. The van der Waals surface area contributed by atoms with Gasteiger partial charge in [-0.25, -0.2) is 4.39 Å². The Bertz CT molecular complexity index is 337. The Morgan fingerprint density at radius 2 is 2.06 bits per heavy atom. The lowest BCUT2D eigenvalue weighted by Crippen LogP contribution is -2.24. The van der Waals surface area contributed by atoms with Crippen molar-refractivity contribution in [2.75, 3.05) is 19.0 Å². The Hall–Kier alpha value is -1.09. The van der Waals surface area contributed by atoms with Crippen LogP contribution in [0.2, 0.25) is 0 Å². The van der Waals surface area contributed by atoms with Gasteiger partial charge < -0.3 is 10.2 Å².